The minimum atomic E-state index is -4.66. The van der Waals surface area contributed by atoms with Gasteiger partial charge in [-0.05, 0) is 36.4 Å². The van der Waals surface area contributed by atoms with E-state index in [1.54, 1.807) is 42.5 Å². The molecule has 0 saturated carbocycles. The number of phenols is 1. The van der Waals surface area contributed by atoms with Gasteiger partial charge in [0, 0.05) is 22.1 Å². The lowest BCUT2D eigenvalue weighted by atomic mass is 10.1. The summed E-state index contributed by atoms with van der Waals surface area (Å²) < 4.78 is 32.9. The summed E-state index contributed by atoms with van der Waals surface area (Å²) in [4.78, 5) is -0.588. The van der Waals surface area contributed by atoms with Crippen LogP contribution in [0.5, 0.6) is 5.75 Å². The molecule has 0 unspecified atom stereocenters. The van der Waals surface area contributed by atoms with Crippen molar-refractivity contribution in [3.8, 4) is 5.75 Å². The van der Waals surface area contributed by atoms with Gasteiger partial charge in [0.15, 0.2) is 5.75 Å². The molecule has 25 heavy (non-hydrogen) atoms. The summed E-state index contributed by atoms with van der Waals surface area (Å²) >= 11 is 0. The van der Waals surface area contributed by atoms with Crippen LogP contribution < -0.4 is 11.5 Å². The number of benzene rings is 3. The highest BCUT2D eigenvalue weighted by molar-refractivity contribution is 7.86. The van der Waals surface area contributed by atoms with Crippen LogP contribution in [0.25, 0.3) is 10.8 Å². The first-order valence-corrected chi connectivity index (χ1v) is 8.50. The van der Waals surface area contributed by atoms with Crippen LogP contribution in [0.15, 0.2) is 63.7 Å². The first-order chi connectivity index (χ1) is 11.8. The van der Waals surface area contributed by atoms with E-state index >= 15 is 0 Å². The zero-order valence-corrected chi connectivity index (χ0v) is 13.6. The predicted octanol–water partition coefficient (Wildman–Crippen LogP) is 3.37. The van der Waals surface area contributed by atoms with Crippen LogP contribution in [-0.2, 0) is 10.1 Å². The largest absolute Gasteiger partial charge is 0.505 e. The third-order valence-corrected chi connectivity index (χ3v) is 4.43. The number of rotatable bonds is 3. The molecule has 0 aliphatic rings. The minimum Gasteiger partial charge on any atom is -0.505 e. The van der Waals surface area contributed by atoms with E-state index in [1.807, 2.05) is 0 Å². The number of azo groups is 1. The Morgan fingerprint density at radius 3 is 2.24 bits per heavy atom. The highest BCUT2D eigenvalue weighted by atomic mass is 32.2. The number of phenolic OH excluding ortho intramolecular Hbond substituents is 1. The van der Waals surface area contributed by atoms with Gasteiger partial charge in [0.1, 0.15) is 10.6 Å². The second-order valence-corrected chi connectivity index (χ2v) is 6.67. The summed E-state index contributed by atoms with van der Waals surface area (Å²) in [5, 5.41) is 18.7. The summed E-state index contributed by atoms with van der Waals surface area (Å²) in [5.74, 6) is -0.448. The van der Waals surface area contributed by atoms with Crippen molar-refractivity contribution in [1.29, 1.82) is 0 Å². The normalized spacial score (nSPS) is 12.0. The maximum Gasteiger partial charge on any atom is 0.296 e. The van der Waals surface area contributed by atoms with Crippen molar-refractivity contribution in [3.05, 3.63) is 48.5 Å². The van der Waals surface area contributed by atoms with Crippen LogP contribution >= 0.6 is 0 Å². The first-order valence-electron chi connectivity index (χ1n) is 7.06. The van der Waals surface area contributed by atoms with Crippen LogP contribution in [-0.4, -0.2) is 18.1 Å². The van der Waals surface area contributed by atoms with Gasteiger partial charge in [0.2, 0.25) is 0 Å². The van der Waals surface area contributed by atoms with E-state index in [9.17, 15) is 18.1 Å². The van der Waals surface area contributed by atoms with Crippen LogP contribution in [0.1, 0.15) is 0 Å². The SMILES string of the molecule is Nc1ccc(N=Nc2c(S(=O)(=O)O)cc3c(N)cccc3c2O)cc1. The minimum absolute atomic E-state index is 0.250. The Morgan fingerprint density at radius 2 is 1.60 bits per heavy atom. The zero-order valence-electron chi connectivity index (χ0n) is 12.8. The lowest BCUT2D eigenvalue weighted by Gasteiger charge is -2.10. The summed E-state index contributed by atoms with van der Waals surface area (Å²) in [5.41, 5.74) is 12.2. The van der Waals surface area contributed by atoms with Crippen molar-refractivity contribution in [3.63, 3.8) is 0 Å². The Hall–Kier alpha value is -3.17. The monoisotopic (exact) mass is 358 g/mol. The molecule has 3 aromatic carbocycles. The molecule has 128 valence electrons. The molecule has 6 N–H and O–H groups in total. The van der Waals surface area contributed by atoms with Crippen LogP contribution in [0.3, 0.4) is 0 Å². The van der Waals surface area contributed by atoms with E-state index in [0.717, 1.165) is 6.07 Å². The van der Waals surface area contributed by atoms with E-state index < -0.39 is 20.8 Å². The van der Waals surface area contributed by atoms with Gasteiger partial charge < -0.3 is 16.6 Å². The first kappa shape index (κ1) is 16.7. The number of nitrogen functional groups attached to an aromatic ring is 2. The van der Waals surface area contributed by atoms with Crippen LogP contribution in [0.4, 0.5) is 22.7 Å². The lowest BCUT2D eigenvalue weighted by molar-refractivity contribution is 0.472. The van der Waals surface area contributed by atoms with Gasteiger partial charge in [-0.2, -0.15) is 13.5 Å². The highest BCUT2D eigenvalue weighted by Crippen LogP contribution is 2.42. The van der Waals surface area contributed by atoms with E-state index in [2.05, 4.69) is 10.2 Å². The third kappa shape index (κ3) is 3.23. The molecule has 0 fully saturated rings. The summed E-state index contributed by atoms with van der Waals surface area (Å²) in [6.07, 6.45) is 0. The highest BCUT2D eigenvalue weighted by Gasteiger charge is 2.22. The molecule has 0 spiro atoms. The standard InChI is InChI=1S/C16H14N4O4S/c17-9-4-6-10(7-5-9)19-20-15-14(25(22,23)24)8-12-11(16(15)21)2-1-3-13(12)18/h1-8,21H,17-18H2,(H,22,23,24). The van der Waals surface area contributed by atoms with Crippen molar-refractivity contribution < 1.29 is 18.1 Å². The molecule has 8 nitrogen and oxygen atoms in total. The number of nitrogens with two attached hydrogens (primary N) is 2. The Balaban J connectivity index is 2.25. The number of hydrogen-bond donors (Lipinski definition) is 4. The fourth-order valence-electron chi connectivity index (χ4n) is 2.34. The van der Waals surface area contributed by atoms with E-state index in [-0.39, 0.29) is 16.8 Å². The summed E-state index contributed by atoms with van der Waals surface area (Å²) in [6, 6.07) is 12.2. The second kappa shape index (κ2) is 6.04. The van der Waals surface area contributed by atoms with Gasteiger partial charge in [-0.15, -0.1) is 5.11 Å². The average molecular weight is 358 g/mol. The van der Waals surface area contributed by atoms with Crippen molar-refractivity contribution in [2.45, 2.75) is 4.90 Å². The molecule has 0 aromatic heterocycles. The molecule has 0 amide bonds. The number of hydrogen-bond acceptors (Lipinski definition) is 7. The molecule has 0 atom stereocenters. The molecule has 0 radical (unpaired) electrons. The smallest absolute Gasteiger partial charge is 0.296 e. The van der Waals surface area contributed by atoms with E-state index in [0.29, 0.717) is 16.8 Å². The average Bonchev–Trinajstić information content (AvgIpc) is 2.55. The topological polar surface area (TPSA) is 151 Å². The Morgan fingerprint density at radius 1 is 0.920 bits per heavy atom. The van der Waals surface area contributed by atoms with Crippen LogP contribution in [0, 0.1) is 0 Å². The number of anilines is 2. The third-order valence-electron chi connectivity index (χ3n) is 3.56. The van der Waals surface area contributed by atoms with Gasteiger partial charge >= 0.3 is 0 Å². The zero-order chi connectivity index (χ0) is 18.2. The molecule has 0 saturated heterocycles. The maximum atomic E-state index is 11.7. The number of fused-ring (bicyclic) bond motifs is 1. The van der Waals surface area contributed by atoms with Crippen LogP contribution in [0.2, 0.25) is 0 Å². The molecule has 3 rings (SSSR count). The van der Waals surface area contributed by atoms with E-state index in [4.69, 9.17) is 11.5 Å². The van der Waals surface area contributed by atoms with Crippen molar-refractivity contribution in [1.82, 2.24) is 0 Å². The van der Waals surface area contributed by atoms with Crippen molar-refractivity contribution in [2.24, 2.45) is 10.2 Å². The van der Waals surface area contributed by atoms with Gasteiger partial charge in [0.25, 0.3) is 10.1 Å². The molecule has 3 aromatic rings. The van der Waals surface area contributed by atoms with Crippen molar-refractivity contribution >= 4 is 43.6 Å². The summed E-state index contributed by atoms with van der Waals surface area (Å²) in [6.45, 7) is 0. The Kier molecular flexibility index (Phi) is 4.03. The Labute approximate surface area is 143 Å². The van der Waals surface area contributed by atoms with E-state index in [1.165, 1.54) is 0 Å². The molecule has 0 bridgehead atoms. The maximum absolute atomic E-state index is 11.7. The molecular formula is C16H14N4O4S. The molecule has 0 aliphatic heterocycles. The van der Waals surface area contributed by atoms with Gasteiger partial charge in [-0.1, -0.05) is 12.1 Å². The Bertz CT molecular complexity index is 1090. The van der Waals surface area contributed by atoms with Gasteiger partial charge in [-0.25, -0.2) is 0 Å². The quantitative estimate of drug-likeness (QED) is 0.320. The summed E-state index contributed by atoms with van der Waals surface area (Å²) in [7, 11) is -4.66. The fourth-order valence-corrected chi connectivity index (χ4v) is 2.98. The van der Waals surface area contributed by atoms with Crippen molar-refractivity contribution in [2.75, 3.05) is 11.5 Å². The van der Waals surface area contributed by atoms with Gasteiger partial charge in [-0.3, -0.25) is 4.55 Å². The number of nitrogens with zero attached hydrogens (tertiary/aromatic N) is 2. The van der Waals surface area contributed by atoms with Gasteiger partial charge in [0.05, 0.1) is 5.69 Å². The number of aromatic hydroxyl groups is 1. The molecular weight excluding hydrogens is 344 g/mol. The predicted molar refractivity (Wildman–Crippen MR) is 94.9 cm³/mol. The second-order valence-electron chi connectivity index (χ2n) is 5.28. The fraction of sp³-hybridized carbons (Fsp3) is 0. The molecule has 0 heterocycles. The lowest BCUT2D eigenvalue weighted by Crippen LogP contribution is -2.00. The molecule has 9 heteroatoms. The molecule has 0 aliphatic carbocycles.